The monoisotopic (exact) mass is 441 g/mol. The highest BCUT2D eigenvalue weighted by Gasteiger charge is 2.21. The topological polar surface area (TPSA) is 88.2 Å². The van der Waals surface area contributed by atoms with Crippen molar-refractivity contribution in [3.63, 3.8) is 0 Å². The van der Waals surface area contributed by atoms with Crippen LogP contribution in [-0.2, 0) is 0 Å². The number of carbonyl (C=O) groups is 1. The van der Waals surface area contributed by atoms with Gasteiger partial charge in [0.15, 0.2) is 11.6 Å². The van der Waals surface area contributed by atoms with Gasteiger partial charge < -0.3 is 20.7 Å². The molecule has 0 unspecified atom stereocenters. The summed E-state index contributed by atoms with van der Waals surface area (Å²) in [6.07, 6.45) is 3.14. The molecule has 0 spiro atoms. The average molecular weight is 442 g/mol. The normalized spacial score (nSPS) is 12.5. The minimum Gasteiger partial charge on any atom is -0.487 e. The van der Waals surface area contributed by atoms with Crippen LogP contribution in [0.25, 0.3) is 22.4 Å². The molecule has 0 aliphatic carbocycles. The summed E-state index contributed by atoms with van der Waals surface area (Å²) >= 11 is 6.08. The Kier molecular flexibility index (Phi) is 6.29. The lowest BCUT2D eigenvalue weighted by molar-refractivity contribution is 0.0954. The Balaban J connectivity index is 1.78. The van der Waals surface area contributed by atoms with E-state index in [9.17, 15) is 9.18 Å². The first-order valence-electron chi connectivity index (χ1n) is 9.82. The fourth-order valence-corrected chi connectivity index (χ4v) is 3.45. The molecule has 4 rings (SSSR count). The Morgan fingerprint density at radius 3 is 2.94 bits per heavy atom. The molecular formula is C22H21ClFN5O2. The molecule has 1 aliphatic rings. The van der Waals surface area contributed by atoms with E-state index in [1.165, 1.54) is 24.4 Å². The third kappa shape index (κ3) is 4.60. The van der Waals surface area contributed by atoms with Crippen LogP contribution in [0.1, 0.15) is 10.4 Å². The van der Waals surface area contributed by atoms with Crippen LogP contribution in [-0.4, -0.2) is 49.2 Å². The number of rotatable bonds is 6. The van der Waals surface area contributed by atoms with Crippen LogP contribution < -0.4 is 20.7 Å². The molecule has 0 saturated carbocycles. The highest BCUT2D eigenvalue weighted by Crippen LogP contribution is 2.40. The van der Waals surface area contributed by atoms with E-state index in [1.54, 1.807) is 18.3 Å². The zero-order chi connectivity index (χ0) is 21.8. The van der Waals surface area contributed by atoms with E-state index >= 15 is 0 Å². The summed E-state index contributed by atoms with van der Waals surface area (Å²) in [6, 6.07) is 7.78. The second kappa shape index (κ2) is 9.28. The molecule has 2 aromatic heterocycles. The van der Waals surface area contributed by atoms with Gasteiger partial charge in [0.25, 0.3) is 5.91 Å². The number of nitrogens with zero attached hydrogens (tertiary/aromatic N) is 2. The Labute approximate surface area is 184 Å². The van der Waals surface area contributed by atoms with E-state index in [0.29, 0.717) is 65.2 Å². The van der Waals surface area contributed by atoms with Gasteiger partial charge in [-0.15, -0.1) is 0 Å². The number of amides is 1. The number of hydrogen-bond donors (Lipinski definition) is 3. The maximum absolute atomic E-state index is 14.5. The zero-order valence-electron chi connectivity index (χ0n) is 16.8. The molecule has 0 radical (unpaired) electrons. The number of nitrogens with one attached hydrogen (secondary N) is 3. The summed E-state index contributed by atoms with van der Waals surface area (Å²) in [7, 11) is 1.81. The van der Waals surface area contributed by atoms with Crippen LogP contribution in [0.2, 0.25) is 5.02 Å². The first-order chi connectivity index (χ1) is 15.1. The lowest BCUT2D eigenvalue weighted by Gasteiger charge is -2.22. The van der Waals surface area contributed by atoms with Crippen LogP contribution in [0.3, 0.4) is 0 Å². The molecule has 3 aromatic rings. The summed E-state index contributed by atoms with van der Waals surface area (Å²) in [5.41, 5.74) is 2.41. The summed E-state index contributed by atoms with van der Waals surface area (Å²) in [6.45, 7) is 2.19. The third-order valence-electron chi connectivity index (χ3n) is 4.79. The van der Waals surface area contributed by atoms with Gasteiger partial charge in [0.05, 0.1) is 17.8 Å². The number of aromatic nitrogens is 2. The highest BCUT2D eigenvalue weighted by atomic mass is 35.5. The van der Waals surface area contributed by atoms with E-state index in [1.807, 2.05) is 7.05 Å². The number of benzene rings is 1. The van der Waals surface area contributed by atoms with Crippen LogP contribution in [0.4, 0.5) is 10.2 Å². The Morgan fingerprint density at radius 1 is 1.23 bits per heavy atom. The van der Waals surface area contributed by atoms with Gasteiger partial charge in [-0.3, -0.25) is 9.78 Å². The number of pyridine rings is 2. The van der Waals surface area contributed by atoms with Crippen molar-refractivity contribution in [3.8, 4) is 28.1 Å². The average Bonchev–Trinajstić information content (AvgIpc) is 2.80. The van der Waals surface area contributed by atoms with E-state index in [2.05, 4.69) is 25.9 Å². The highest BCUT2D eigenvalue weighted by molar-refractivity contribution is 6.30. The van der Waals surface area contributed by atoms with Gasteiger partial charge in [-0.2, -0.15) is 0 Å². The molecule has 1 aromatic carbocycles. The van der Waals surface area contributed by atoms with Gasteiger partial charge in [-0.05, 0) is 37.4 Å². The number of anilines is 1. The molecule has 0 fully saturated rings. The third-order valence-corrected chi connectivity index (χ3v) is 5.03. The summed E-state index contributed by atoms with van der Waals surface area (Å²) < 4.78 is 20.4. The number of carbonyl (C=O) groups excluding carboxylic acids is 1. The molecule has 1 amide bonds. The lowest BCUT2D eigenvalue weighted by atomic mass is 10.0. The quantitative estimate of drug-likeness (QED) is 0.508. The van der Waals surface area contributed by atoms with E-state index < -0.39 is 5.82 Å². The van der Waals surface area contributed by atoms with Crippen molar-refractivity contribution in [2.45, 2.75) is 0 Å². The van der Waals surface area contributed by atoms with E-state index in [0.717, 1.165) is 0 Å². The fraction of sp³-hybridized carbons (Fsp3) is 0.227. The lowest BCUT2D eigenvalue weighted by Crippen LogP contribution is -2.30. The maximum Gasteiger partial charge on any atom is 0.252 e. The van der Waals surface area contributed by atoms with Crippen molar-refractivity contribution in [1.82, 2.24) is 20.6 Å². The zero-order valence-corrected chi connectivity index (χ0v) is 17.6. The first kappa shape index (κ1) is 21.0. The van der Waals surface area contributed by atoms with Crippen LogP contribution in [0.15, 0.2) is 42.7 Å². The predicted octanol–water partition coefficient (Wildman–Crippen LogP) is 3.36. The van der Waals surface area contributed by atoms with E-state index in [-0.39, 0.29) is 11.5 Å². The van der Waals surface area contributed by atoms with E-state index in [4.69, 9.17) is 16.3 Å². The summed E-state index contributed by atoms with van der Waals surface area (Å²) in [5, 5.41) is 9.40. The molecule has 31 heavy (non-hydrogen) atoms. The van der Waals surface area contributed by atoms with Crippen molar-refractivity contribution in [1.29, 1.82) is 0 Å². The number of hydrogen-bond acceptors (Lipinski definition) is 6. The number of halogens is 2. The standard InChI is InChI=1S/C22H21ClFN5O2/c1-25-4-5-28-22(30)14-8-13(11-26-12-14)16-10-19(17-9-15(23)2-3-18(17)24)29-21-20(16)31-7-6-27-21/h2-3,8-12,25H,4-7H2,1H3,(H,27,29)(H,28,30). The smallest absolute Gasteiger partial charge is 0.252 e. The van der Waals surface area contributed by atoms with Crippen LogP contribution in [0.5, 0.6) is 5.75 Å². The first-order valence-corrected chi connectivity index (χ1v) is 10.2. The molecule has 0 saturated heterocycles. The molecule has 7 nitrogen and oxygen atoms in total. The van der Waals surface area contributed by atoms with Gasteiger partial charge in [0, 0.05) is 47.2 Å². The Bertz CT molecular complexity index is 1130. The fourth-order valence-electron chi connectivity index (χ4n) is 3.28. The number of ether oxygens (including phenoxy) is 1. The molecule has 0 atom stereocenters. The minimum atomic E-state index is -0.435. The van der Waals surface area contributed by atoms with Gasteiger partial charge >= 0.3 is 0 Å². The van der Waals surface area contributed by atoms with Gasteiger partial charge in [-0.1, -0.05) is 11.6 Å². The molecule has 0 bridgehead atoms. The molecule has 9 heteroatoms. The molecular weight excluding hydrogens is 421 g/mol. The molecule has 3 N–H and O–H groups in total. The largest absolute Gasteiger partial charge is 0.487 e. The van der Waals surface area contributed by atoms with Crippen LogP contribution in [0, 0.1) is 5.82 Å². The molecule has 1 aliphatic heterocycles. The van der Waals surface area contributed by atoms with Crippen molar-refractivity contribution >= 4 is 23.3 Å². The summed E-state index contributed by atoms with van der Waals surface area (Å²) in [5.74, 6) is 0.372. The van der Waals surface area contributed by atoms with Crippen molar-refractivity contribution in [2.24, 2.45) is 0 Å². The van der Waals surface area contributed by atoms with Crippen molar-refractivity contribution in [2.75, 3.05) is 38.6 Å². The maximum atomic E-state index is 14.5. The molecule has 3 heterocycles. The SMILES string of the molecule is CNCCNC(=O)c1cncc(-c2cc(-c3cc(Cl)ccc3F)nc3c2OCCN3)c1. The number of fused-ring (bicyclic) bond motifs is 1. The minimum absolute atomic E-state index is 0.229. The van der Waals surface area contributed by atoms with Crippen molar-refractivity contribution in [3.05, 3.63) is 59.1 Å². The second-order valence-electron chi connectivity index (χ2n) is 6.95. The van der Waals surface area contributed by atoms with Gasteiger partial charge in [0.1, 0.15) is 12.4 Å². The van der Waals surface area contributed by atoms with Gasteiger partial charge in [-0.25, -0.2) is 9.37 Å². The summed E-state index contributed by atoms with van der Waals surface area (Å²) in [4.78, 5) is 21.2. The predicted molar refractivity (Wildman–Crippen MR) is 118 cm³/mol. The Morgan fingerprint density at radius 2 is 2.10 bits per heavy atom. The van der Waals surface area contributed by atoms with Crippen molar-refractivity contribution < 1.29 is 13.9 Å². The molecule has 160 valence electrons. The van der Waals surface area contributed by atoms with Crippen LogP contribution >= 0.6 is 11.6 Å². The second-order valence-corrected chi connectivity index (χ2v) is 7.39. The number of likely N-dealkylation sites (N-methyl/N-ethyl adjacent to an activating group) is 1. The van der Waals surface area contributed by atoms with Gasteiger partial charge in [0.2, 0.25) is 0 Å². The Hall–Kier alpha value is -3.23.